The van der Waals surface area contributed by atoms with Crippen LogP contribution in [0.1, 0.15) is 33.1 Å². The van der Waals surface area contributed by atoms with Crippen molar-refractivity contribution in [3.05, 3.63) is 0 Å². The van der Waals surface area contributed by atoms with Crippen molar-refractivity contribution in [2.45, 2.75) is 51.2 Å². The van der Waals surface area contributed by atoms with Gasteiger partial charge in [-0.2, -0.15) is 0 Å². The first-order chi connectivity index (χ1) is 7.59. The van der Waals surface area contributed by atoms with Gasteiger partial charge >= 0.3 is 0 Å². The van der Waals surface area contributed by atoms with Crippen molar-refractivity contribution in [2.24, 2.45) is 11.7 Å². The van der Waals surface area contributed by atoms with Crippen molar-refractivity contribution in [2.75, 3.05) is 26.7 Å². The van der Waals surface area contributed by atoms with Crippen LogP contribution in [0.15, 0.2) is 0 Å². The molecule has 94 valence electrons. The van der Waals surface area contributed by atoms with Gasteiger partial charge in [0.2, 0.25) is 0 Å². The highest BCUT2D eigenvalue weighted by Gasteiger charge is 2.35. The van der Waals surface area contributed by atoms with Gasteiger partial charge in [-0.25, -0.2) is 0 Å². The Labute approximate surface area is 100.0 Å². The molecule has 4 atom stereocenters. The molecule has 2 saturated heterocycles. The minimum absolute atomic E-state index is 0.410. The number of piperidine rings is 2. The molecule has 3 heteroatoms. The number of nitrogens with zero attached hydrogens (tertiary/aromatic N) is 2. The van der Waals surface area contributed by atoms with Crippen LogP contribution >= 0.6 is 0 Å². The first kappa shape index (κ1) is 12.3. The molecule has 3 nitrogen and oxygen atoms in total. The Bertz CT molecular complexity index is 231. The van der Waals surface area contributed by atoms with Gasteiger partial charge in [0, 0.05) is 31.2 Å². The van der Waals surface area contributed by atoms with Gasteiger partial charge in [-0.05, 0) is 45.7 Å². The largest absolute Gasteiger partial charge is 0.327 e. The molecule has 2 rings (SSSR count). The third-order valence-electron chi connectivity index (χ3n) is 4.75. The fraction of sp³-hybridized carbons (Fsp3) is 1.00. The second-order valence-corrected chi connectivity index (χ2v) is 5.85. The van der Waals surface area contributed by atoms with E-state index in [4.69, 9.17) is 5.73 Å². The summed E-state index contributed by atoms with van der Waals surface area (Å²) in [6, 6.07) is 1.83. The third-order valence-corrected chi connectivity index (χ3v) is 4.75. The zero-order chi connectivity index (χ0) is 11.7. The molecule has 0 aromatic rings. The summed E-state index contributed by atoms with van der Waals surface area (Å²) in [5.74, 6) is 0.640. The van der Waals surface area contributed by atoms with Gasteiger partial charge < -0.3 is 10.6 Å². The van der Waals surface area contributed by atoms with Crippen molar-refractivity contribution in [3.63, 3.8) is 0 Å². The second kappa shape index (κ2) is 5.03. The molecular formula is C13H27N3. The van der Waals surface area contributed by atoms with E-state index in [2.05, 4.69) is 30.7 Å². The molecule has 0 spiro atoms. The predicted octanol–water partition coefficient (Wildman–Crippen LogP) is 1.14. The van der Waals surface area contributed by atoms with Gasteiger partial charge in [-0.1, -0.05) is 6.92 Å². The van der Waals surface area contributed by atoms with E-state index in [0.717, 1.165) is 6.04 Å². The second-order valence-electron chi connectivity index (χ2n) is 5.85. The Balaban J connectivity index is 1.98. The van der Waals surface area contributed by atoms with Gasteiger partial charge in [-0.3, -0.25) is 4.90 Å². The van der Waals surface area contributed by atoms with Crippen molar-refractivity contribution < 1.29 is 0 Å². The van der Waals surface area contributed by atoms with Gasteiger partial charge in [0.25, 0.3) is 0 Å². The normalized spacial score (nSPS) is 43.5. The van der Waals surface area contributed by atoms with Crippen molar-refractivity contribution >= 4 is 0 Å². The van der Waals surface area contributed by atoms with Crippen LogP contribution in [0.5, 0.6) is 0 Å². The monoisotopic (exact) mass is 225 g/mol. The number of hydrogen-bond acceptors (Lipinski definition) is 3. The quantitative estimate of drug-likeness (QED) is 0.726. The van der Waals surface area contributed by atoms with Crippen molar-refractivity contribution in [1.82, 2.24) is 9.80 Å². The van der Waals surface area contributed by atoms with Crippen LogP contribution in [-0.4, -0.2) is 54.6 Å². The summed E-state index contributed by atoms with van der Waals surface area (Å²) in [4.78, 5) is 5.18. The first-order valence-electron chi connectivity index (χ1n) is 6.79. The first-order valence-corrected chi connectivity index (χ1v) is 6.79. The molecule has 16 heavy (non-hydrogen) atoms. The molecule has 2 aliphatic rings. The highest BCUT2D eigenvalue weighted by Crippen LogP contribution is 2.27. The van der Waals surface area contributed by atoms with E-state index in [1.54, 1.807) is 0 Å². The summed E-state index contributed by atoms with van der Waals surface area (Å²) in [6.45, 7) is 8.39. The number of nitrogens with two attached hydrogens (primary N) is 1. The lowest BCUT2D eigenvalue weighted by Crippen LogP contribution is -2.58. The van der Waals surface area contributed by atoms with Crippen LogP contribution in [-0.2, 0) is 0 Å². The molecule has 0 aromatic carbocycles. The third kappa shape index (κ3) is 2.41. The number of likely N-dealkylation sites (tertiary alicyclic amines) is 2. The topological polar surface area (TPSA) is 32.5 Å². The molecule has 2 aliphatic heterocycles. The maximum Gasteiger partial charge on any atom is 0.0226 e. The smallest absolute Gasteiger partial charge is 0.0226 e. The Morgan fingerprint density at radius 1 is 1.12 bits per heavy atom. The molecular weight excluding hydrogens is 198 g/mol. The summed E-state index contributed by atoms with van der Waals surface area (Å²) in [6.07, 6.45) is 3.90. The minimum atomic E-state index is 0.410. The molecule has 4 unspecified atom stereocenters. The summed E-state index contributed by atoms with van der Waals surface area (Å²) in [5, 5.41) is 0. The lowest BCUT2D eigenvalue weighted by atomic mass is 9.85. The maximum atomic E-state index is 6.15. The lowest BCUT2D eigenvalue weighted by molar-refractivity contribution is 0.0246. The summed E-state index contributed by atoms with van der Waals surface area (Å²) in [7, 11) is 2.25. The molecule has 0 aromatic heterocycles. The van der Waals surface area contributed by atoms with Gasteiger partial charge in [0.05, 0.1) is 0 Å². The van der Waals surface area contributed by atoms with E-state index in [-0.39, 0.29) is 0 Å². The van der Waals surface area contributed by atoms with E-state index >= 15 is 0 Å². The van der Waals surface area contributed by atoms with Crippen LogP contribution in [0.25, 0.3) is 0 Å². The fourth-order valence-electron chi connectivity index (χ4n) is 3.35. The van der Waals surface area contributed by atoms with E-state index < -0.39 is 0 Å². The Morgan fingerprint density at radius 2 is 1.88 bits per heavy atom. The molecule has 0 radical (unpaired) electrons. The van der Waals surface area contributed by atoms with E-state index in [0.29, 0.717) is 18.0 Å². The average molecular weight is 225 g/mol. The van der Waals surface area contributed by atoms with Crippen LogP contribution in [0.3, 0.4) is 0 Å². The summed E-state index contributed by atoms with van der Waals surface area (Å²) >= 11 is 0. The Morgan fingerprint density at radius 3 is 2.56 bits per heavy atom. The minimum Gasteiger partial charge on any atom is -0.327 e. The van der Waals surface area contributed by atoms with Crippen LogP contribution in [0.4, 0.5) is 0 Å². The summed E-state index contributed by atoms with van der Waals surface area (Å²) < 4.78 is 0. The van der Waals surface area contributed by atoms with E-state index in [1.165, 1.54) is 38.9 Å². The molecule has 2 fully saturated rings. The molecule has 2 heterocycles. The molecule has 0 saturated carbocycles. The number of rotatable bonds is 1. The Kier molecular flexibility index (Phi) is 3.88. The van der Waals surface area contributed by atoms with E-state index in [1.807, 2.05) is 0 Å². The molecule has 0 amide bonds. The molecule has 2 N–H and O–H groups in total. The SMILES string of the molecule is CC1C(N)CCN(C2CCCN(C)C2)C1C. The number of likely N-dealkylation sites (N-methyl/N-ethyl adjacent to an activating group) is 1. The average Bonchev–Trinajstić information content (AvgIpc) is 2.26. The lowest BCUT2D eigenvalue weighted by Gasteiger charge is -2.47. The van der Waals surface area contributed by atoms with Gasteiger partial charge in [0.15, 0.2) is 0 Å². The van der Waals surface area contributed by atoms with Gasteiger partial charge in [-0.15, -0.1) is 0 Å². The van der Waals surface area contributed by atoms with Crippen LogP contribution in [0, 0.1) is 5.92 Å². The highest BCUT2D eigenvalue weighted by molar-refractivity contribution is 4.91. The van der Waals surface area contributed by atoms with Crippen molar-refractivity contribution in [3.8, 4) is 0 Å². The highest BCUT2D eigenvalue weighted by atomic mass is 15.2. The summed E-state index contributed by atoms with van der Waals surface area (Å²) in [5.41, 5.74) is 6.15. The predicted molar refractivity (Wildman–Crippen MR) is 68.4 cm³/mol. The fourth-order valence-corrected chi connectivity index (χ4v) is 3.35. The van der Waals surface area contributed by atoms with E-state index in [9.17, 15) is 0 Å². The van der Waals surface area contributed by atoms with Crippen LogP contribution < -0.4 is 5.73 Å². The van der Waals surface area contributed by atoms with Crippen molar-refractivity contribution in [1.29, 1.82) is 0 Å². The molecule has 0 bridgehead atoms. The number of hydrogen-bond donors (Lipinski definition) is 1. The Hall–Kier alpha value is -0.120. The zero-order valence-electron chi connectivity index (χ0n) is 11.0. The van der Waals surface area contributed by atoms with Crippen LogP contribution in [0.2, 0.25) is 0 Å². The molecule has 0 aliphatic carbocycles. The maximum absolute atomic E-state index is 6.15. The van der Waals surface area contributed by atoms with Gasteiger partial charge in [0.1, 0.15) is 0 Å². The standard InChI is InChI=1S/C13H27N3/c1-10-11(2)16(8-6-13(10)14)12-5-4-7-15(3)9-12/h10-13H,4-9,14H2,1-3H3. The zero-order valence-corrected chi connectivity index (χ0v) is 11.0.